The minimum absolute atomic E-state index is 0.343. The van der Waals surface area contributed by atoms with E-state index in [0.717, 1.165) is 11.3 Å². The number of hydrogen-bond acceptors (Lipinski definition) is 1. The largest absolute Gasteiger partial charge is 0.293 e. The first-order chi connectivity index (χ1) is 9.66. The Balaban J connectivity index is 1.81. The lowest BCUT2D eigenvalue weighted by atomic mass is 10.1. The zero-order chi connectivity index (χ0) is 14.0. The molecule has 1 saturated heterocycles. The lowest BCUT2D eigenvalue weighted by Gasteiger charge is -2.38. The smallest absolute Gasteiger partial charge is 0.171 e. The summed E-state index contributed by atoms with van der Waals surface area (Å²) in [5.74, 6) is 3.69. The molecule has 0 aliphatic carbocycles. The molecule has 1 nitrogen and oxygen atoms in total. The summed E-state index contributed by atoms with van der Waals surface area (Å²) >= 11 is 0. The standard InChI is InChI=1S/C18H22OS/c1-20(11-5-2-6-12-20)14-18(19)17-10-9-15-7-3-4-8-16(15)13-17/h3-4,7-10,13H,2,5-6,11-12,14H2,1H3. The predicted molar refractivity (Wildman–Crippen MR) is 90.2 cm³/mol. The van der Waals surface area contributed by atoms with Gasteiger partial charge in [-0.05, 0) is 47.4 Å². The third kappa shape index (κ3) is 2.90. The van der Waals surface area contributed by atoms with Crippen LogP contribution in [0.4, 0.5) is 0 Å². The first-order valence-corrected chi connectivity index (χ1v) is 9.95. The van der Waals surface area contributed by atoms with E-state index in [1.165, 1.54) is 41.5 Å². The number of Topliss-reactive ketones (excluding diaryl/α,β-unsaturated/α-hetero) is 1. The Bertz CT molecular complexity index is 626. The molecule has 0 bridgehead atoms. The first-order valence-electron chi connectivity index (χ1n) is 7.40. The molecule has 3 rings (SSSR count). The van der Waals surface area contributed by atoms with Crippen LogP contribution in [-0.4, -0.2) is 29.3 Å². The topological polar surface area (TPSA) is 17.1 Å². The van der Waals surface area contributed by atoms with E-state index >= 15 is 0 Å². The van der Waals surface area contributed by atoms with Gasteiger partial charge in [0.25, 0.3) is 0 Å². The molecule has 1 aliphatic rings. The molecular weight excluding hydrogens is 264 g/mol. The highest BCUT2D eigenvalue weighted by Crippen LogP contribution is 2.49. The first kappa shape index (κ1) is 13.7. The van der Waals surface area contributed by atoms with Crippen molar-refractivity contribution < 1.29 is 4.79 Å². The van der Waals surface area contributed by atoms with E-state index < -0.39 is 10.0 Å². The van der Waals surface area contributed by atoms with Crippen LogP contribution in [0.3, 0.4) is 0 Å². The van der Waals surface area contributed by atoms with E-state index in [-0.39, 0.29) is 0 Å². The van der Waals surface area contributed by atoms with Gasteiger partial charge in [-0.1, -0.05) is 42.8 Å². The molecule has 0 unspecified atom stereocenters. The molecule has 0 saturated carbocycles. The summed E-state index contributed by atoms with van der Waals surface area (Å²) in [6.07, 6.45) is 6.35. The Labute approximate surface area is 122 Å². The molecular formula is C18H22OS. The summed E-state index contributed by atoms with van der Waals surface area (Å²) < 4.78 is 0. The van der Waals surface area contributed by atoms with Gasteiger partial charge in [-0.3, -0.25) is 4.79 Å². The number of ketones is 1. The second-order valence-corrected chi connectivity index (χ2v) is 10.1. The van der Waals surface area contributed by atoms with Gasteiger partial charge in [-0.15, -0.1) is 0 Å². The molecule has 20 heavy (non-hydrogen) atoms. The van der Waals surface area contributed by atoms with E-state index in [2.05, 4.69) is 30.5 Å². The van der Waals surface area contributed by atoms with Gasteiger partial charge in [-0.25, -0.2) is 10.0 Å². The maximum Gasteiger partial charge on any atom is 0.171 e. The van der Waals surface area contributed by atoms with Gasteiger partial charge in [-0.2, -0.15) is 0 Å². The number of rotatable bonds is 3. The molecule has 2 heteroatoms. The predicted octanol–water partition coefficient (Wildman–Crippen LogP) is 4.64. The van der Waals surface area contributed by atoms with Gasteiger partial charge in [0.2, 0.25) is 0 Å². The van der Waals surface area contributed by atoms with Crippen molar-refractivity contribution >= 4 is 26.6 Å². The Morgan fingerprint density at radius 3 is 2.45 bits per heavy atom. The summed E-state index contributed by atoms with van der Waals surface area (Å²) in [7, 11) is -0.690. The second-order valence-electron chi connectivity index (χ2n) is 6.08. The van der Waals surface area contributed by atoms with Crippen molar-refractivity contribution in [1.82, 2.24) is 0 Å². The van der Waals surface area contributed by atoms with Crippen molar-refractivity contribution in [3.63, 3.8) is 0 Å². The number of carbonyl (C=O) groups excluding carboxylic acids is 1. The van der Waals surface area contributed by atoms with Crippen LogP contribution in [0, 0.1) is 0 Å². The molecule has 106 valence electrons. The van der Waals surface area contributed by atoms with Crippen molar-refractivity contribution in [1.29, 1.82) is 0 Å². The van der Waals surface area contributed by atoms with E-state index in [1.54, 1.807) is 0 Å². The Kier molecular flexibility index (Phi) is 3.84. The summed E-state index contributed by atoms with van der Waals surface area (Å²) in [6, 6.07) is 14.4. The van der Waals surface area contributed by atoms with Gasteiger partial charge in [0.15, 0.2) is 5.78 Å². The maximum absolute atomic E-state index is 12.6. The Morgan fingerprint density at radius 1 is 1.00 bits per heavy atom. The minimum atomic E-state index is -0.690. The molecule has 0 radical (unpaired) electrons. The summed E-state index contributed by atoms with van der Waals surface area (Å²) in [5.41, 5.74) is 0.892. The van der Waals surface area contributed by atoms with Crippen LogP contribution in [0.25, 0.3) is 10.8 Å². The van der Waals surface area contributed by atoms with Crippen LogP contribution >= 0.6 is 10.0 Å². The highest BCUT2D eigenvalue weighted by Gasteiger charge is 2.24. The molecule has 2 aromatic rings. The van der Waals surface area contributed by atoms with Crippen LogP contribution in [0.5, 0.6) is 0 Å². The van der Waals surface area contributed by atoms with Crippen LogP contribution in [0.15, 0.2) is 42.5 Å². The van der Waals surface area contributed by atoms with E-state index in [9.17, 15) is 4.79 Å². The summed E-state index contributed by atoms with van der Waals surface area (Å²) in [4.78, 5) is 12.6. The highest BCUT2D eigenvalue weighted by molar-refractivity contribution is 8.33. The molecule has 2 aromatic carbocycles. The molecule has 0 atom stereocenters. The number of hydrogen-bond donors (Lipinski definition) is 0. The molecule has 0 N–H and O–H groups in total. The fourth-order valence-corrected chi connectivity index (χ4v) is 6.18. The van der Waals surface area contributed by atoms with Gasteiger partial charge in [0, 0.05) is 11.3 Å². The fraction of sp³-hybridized carbons (Fsp3) is 0.389. The van der Waals surface area contributed by atoms with Gasteiger partial charge in [0.05, 0.1) is 0 Å². The van der Waals surface area contributed by atoms with E-state index in [1.807, 2.05) is 18.2 Å². The van der Waals surface area contributed by atoms with Crippen molar-refractivity contribution in [3.8, 4) is 0 Å². The van der Waals surface area contributed by atoms with Crippen LogP contribution in [0.2, 0.25) is 0 Å². The van der Waals surface area contributed by atoms with Crippen LogP contribution in [-0.2, 0) is 0 Å². The molecule has 0 spiro atoms. The van der Waals surface area contributed by atoms with Crippen LogP contribution < -0.4 is 0 Å². The zero-order valence-electron chi connectivity index (χ0n) is 12.1. The average Bonchev–Trinajstić information content (AvgIpc) is 2.47. The number of carbonyl (C=O) groups is 1. The molecule has 1 heterocycles. The summed E-state index contributed by atoms with van der Waals surface area (Å²) in [6.45, 7) is 0. The average molecular weight is 286 g/mol. The lowest BCUT2D eigenvalue weighted by molar-refractivity contribution is 0.102. The fourth-order valence-electron chi connectivity index (χ4n) is 3.09. The van der Waals surface area contributed by atoms with Crippen molar-refractivity contribution in [2.24, 2.45) is 0 Å². The third-order valence-corrected chi connectivity index (χ3v) is 7.83. The minimum Gasteiger partial charge on any atom is -0.293 e. The highest BCUT2D eigenvalue weighted by atomic mass is 32.3. The van der Waals surface area contributed by atoms with E-state index in [4.69, 9.17) is 0 Å². The van der Waals surface area contributed by atoms with Crippen molar-refractivity contribution in [2.75, 3.05) is 23.5 Å². The second kappa shape index (κ2) is 5.61. The molecule has 1 aliphatic heterocycles. The van der Waals surface area contributed by atoms with Crippen LogP contribution in [0.1, 0.15) is 29.6 Å². The SMILES string of the molecule is CS1(CC(=O)c2ccc3ccccc3c2)CCCCC1. The van der Waals surface area contributed by atoms with Gasteiger partial charge >= 0.3 is 0 Å². The Morgan fingerprint density at radius 2 is 1.70 bits per heavy atom. The molecule has 0 amide bonds. The van der Waals surface area contributed by atoms with Crippen molar-refractivity contribution in [2.45, 2.75) is 19.3 Å². The summed E-state index contributed by atoms with van der Waals surface area (Å²) in [5, 5.41) is 2.38. The van der Waals surface area contributed by atoms with Crippen molar-refractivity contribution in [3.05, 3.63) is 48.0 Å². The van der Waals surface area contributed by atoms with Gasteiger partial charge < -0.3 is 0 Å². The maximum atomic E-state index is 12.6. The quantitative estimate of drug-likeness (QED) is 0.751. The number of benzene rings is 2. The number of fused-ring (bicyclic) bond motifs is 1. The molecule has 1 fully saturated rings. The normalized spacial score (nSPS) is 19.6. The Hall–Kier alpha value is -1.28. The monoisotopic (exact) mass is 286 g/mol. The third-order valence-electron chi connectivity index (χ3n) is 4.33. The van der Waals surface area contributed by atoms with E-state index in [0.29, 0.717) is 5.78 Å². The van der Waals surface area contributed by atoms with Gasteiger partial charge in [0.1, 0.15) is 0 Å². The lowest BCUT2D eigenvalue weighted by Crippen LogP contribution is -2.21. The molecule has 0 aromatic heterocycles. The zero-order valence-corrected chi connectivity index (χ0v) is 12.9.